The molecule has 27 heavy (non-hydrogen) atoms. The first-order chi connectivity index (χ1) is 13.3. The minimum Gasteiger partial charge on any atom is -0.460 e. The van der Waals surface area contributed by atoms with Crippen molar-refractivity contribution in [3.05, 3.63) is 118 Å². The fraction of sp³-hybridized carbons (Fsp3) is 0.160. The van der Waals surface area contributed by atoms with Gasteiger partial charge in [-0.2, -0.15) is 0 Å². The third-order valence-electron chi connectivity index (χ3n) is 5.73. The van der Waals surface area contributed by atoms with Gasteiger partial charge in [0.25, 0.3) is 0 Å². The van der Waals surface area contributed by atoms with Gasteiger partial charge in [-0.3, -0.25) is 4.79 Å². The number of hydrogen-bond donors (Lipinski definition) is 0. The number of rotatable bonds is 2. The minimum absolute atomic E-state index is 0.0394. The average molecular weight is 352 g/mol. The zero-order valence-corrected chi connectivity index (χ0v) is 15.0. The second-order valence-corrected chi connectivity index (χ2v) is 7.31. The largest absolute Gasteiger partial charge is 0.460 e. The first kappa shape index (κ1) is 16.1. The van der Waals surface area contributed by atoms with Crippen LogP contribution in [0, 0.1) is 0 Å². The van der Waals surface area contributed by atoms with Crippen molar-refractivity contribution in [2.24, 2.45) is 0 Å². The molecule has 132 valence electrons. The summed E-state index contributed by atoms with van der Waals surface area (Å²) in [5.41, 5.74) is 4.76. The van der Waals surface area contributed by atoms with E-state index in [1.54, 1.807) is 6.07 Å². The summed E-state index contributed by atoms with van der Waals surface area (Å²) < 4.78 is 6.25. The van der Waals surface area contributed by atoms with Crippen LogP contribution < -0.4 is 5.43 Å². The van der Waals surface area contributed by atoms with Crippen molar-refractivity contribution in [1.82, 2.24) is 0 Å². The molecular weight excluding hydrogens is 332 g/mol. The van der Waals surface area contributed by atoms with E-state index in [2.05, 4.69) is 48.5 Å². The summed E-state index contributed by atoms with van der Waals surface area (Å²) >= 11 is 0. The van der Waals surface area contributed by atoms with E-state index in [-0.39, 0.29) is 11.3 Å². The van der Waals surface area contributed by atoms with Gasteiger partial charge >= 0.3 is 0 Å². The van der Waals surface area contributed by atoms with Gasteiger partial charge in [-0.05, 0) is 47.6 Å². The number of para-hydroxylation sites is 1. The molecular formula is C25H20O2. The van der Waals surface area contributed by atoms with Crippen molar-refractivity contribution >= 4 is 11.0 Å². The van der Waals surface area contributed by atoms with Crippen molar-refractivity contribution < 1.29 is 4.42 Å². The Labute approximate surface area is 158 Å². The Morgan fingerprint density at radius 1 is 0.704 bits per heavy atom. The summed E-state index contributed by atoms with van der Waals surface area (Å²) in [5, 5.41) is 0.647. The van der Waals surface area contributed by atoms with Gasteiger partial charge in [0.1, 0.15) is 11.3 Å². The van der Waals surface area contributed by atoms with Gasteiger partial charge in [0, 0.05) is 12.0 Å². The topological polar surface area (TPSA) is 30.2 Å². The Morgan fingerprint density at radius 3 is 2.11 bits per heavy atom. The highest BCUT2D eigenvalue weighted by molar-refractivity contribution is 5.76. The maximum absolute atomic E-state index is 12.7. The maximum atomic E-state index is 12.7. The van der Waals surface area contributed by atoms with Gasteiger partial charge in [0.15, 0.2) is 5.43 Å². The van der Waals surface area contributed by atoms with Gasteiger partial charge < -0.3 is 4.42 Å². The molecule has 0 bridgehead atoms. The quantitative estimate of drug-likeness (QED) is 0.479. The Hall–Kier alpha value is -3.13. The van der Waals surface area contributed by atoms with Gasteiger partial charge in [-0.25, -0.2) is 0 Å². The number of fused-ring (bicyclic) bond motifs is 2. The highest BCUT2D eigenvalue weighted by Gasteiger charge is 2.32. The monoisotopic (exact) mass is 352 g/mol. The molecule has 0 fully saturated rings. The SMILES string of the molecule is O=c1cc([C@H]2Cc3ccccc3C[C@@H]2c2ccccc2)oc2ccccc12. The predicted molar refractivity (Wildman–Crippen MR) is 108 cm³/mol. The lowest BCUT2D eigenvalue weighted by molar-refractivity contribution is 0.408. The molecule has 0 unspecified atom stereocenters. The molecule has 2 atom stereocenters. The standard InChI is InChI=1S/C25H20O2/c26-23-16-25(27-24-13-7-6-12-20(23)24)22-15-19-11-5-4-10-18(19)14-21(22)17-8-2-1-3-9-17/h1-13,16,21-22H,14-15H2/t21-,22+/m1/s1. The normalized spacial score (nSPS) is 19.0. The van der Waals surface area contributed by atoms with Crippen molar-refractivity contribution in [1.29, 1.82) is 0 Å². The molecule has 0 saturated carbocycles. The zero-order valence-electron chi connectivity index (χ0n) is 15.0. The Kier molecular flexibility index (Phi) is 3.90. The lowest BCUT2D eigenvalue weighted by Crippen LogP contribution is -2.23. The van der Waals surface area contributed by atoms with Crippen LogP contribution in [0.3, 0.4) is 0 Å². The molecule has 2 nitrogen and oxygen atoms in total. The summed E-state index contributed by atoms with van der Waals surface area (Å²) in [7, 11) is 0. The van der Waals surface area contributed by atoms with E-state index in [0.717, 1.165) is 18.6 Å². The molecule has 0 spiro atoms. The van der Waals surface area contributed by atoms with Gasteiger partial charge in [0.2, 0.25) is 0 Å². The molecule has 3 aromatic carbocycles. The van der Waals surface area contributed by atoms with Crippen LogP contribution in [-0.4, -0.2) is 0 Å². The van der Waals surface area contributed by atoms with Gasteiger partial charge in [-0.1, -0.05) is 66.7 Å². The van der Waals surface area contributed by atoms with Crippen LogP contribution in [-0.2, 0) is 12.8 Å². The van der Waals surface area contributed by atoms with E-state index in [1.165, 1.54) is 16.7 Å². The fourth-order valence-electron chi connectivity index (χ4n) is 4.37. The zero-order chi connectivity index (χ0) is 18.2. The third kappa shape index (κ3) is 2.87. The molecule has 1 heterocycles. The summed E-state index contributed by atoms with van der Waals surface area (Å²) in [6, 6.07) is 28.4. The molecule has 1 aliphatic carbocycles. The van der Waals surface area contributed by atoms with E-state index in [1.807, 2.05) is 30.3 Å². The number of hydrogen-bond acceptors (Lipinski definition) is 2. The smallest absolute Gasteiger partial charge is 0.192 e. The van der Waals surface area contributed by atoms with Crippen LogP contribution in [0.4, 0.5) is 0 Å². The fourth-order valence-corrected chi connectivity index (χ4v) is 4.37. The van der Waals surface area contributed by atoms with E-state index < -0.39 is 0 Å². The van der Waals surface area contributed by atoms with Crippen LogP contribution in [0.15, 0.2) is 94.1 Å². The molecule has 1 aromatic heterocycles. The number of benzene rings is 3. The second kappa shape index (κ2) is 6.55. The Balaban J connectivity index is 1.67. The Bertz CT molecular complexity index is 1160. The van der Waals surface area contributed by atoms with E-state index in [4.69, 9.17) is 4.42 Å². The van der Waals surface area contributed by atoms with Crippen LogP contribution in [0.1, 0.15) is 34.3 Å². The summed E-state index contributed by atoms with van der Waals surface area (Å²) in [5.74, 6) is 1.24. The average Bonchev–Trinajstić information content (AvgIpc) is 2.73. The van der Waals surface area contributed by atoms with E-state index in [0.29, 0.717) is 16.9 Å². The minimum atomic E-state index is 0.0394. The summed E-state index contributed by atoms with van der Waals surface area (Å²) in [6.07, 6.45) is 1.85. The molecule has 0 aliphatic heterocycles. The van der Waals surface area contributed by atoms with Crippen LogP contribution in [0.2, 0.25) is 0 Å². The molecule has 0 N–H and O–H groups in total. The van der Waals surface area contributed by atoms with Gasteiger partial charge in [-0.15, -0.1) is 0 Å². The summed E-state index contributed by atoms with van der Waals surface area (Å²) in [6.45, 7) is 0. The Morgan fingerprint density at radius 2 is 1.33 bits per heavy atom. The van der Waals surface area contributed by atoms with Gasteiger partial charge in [0.05, 0.1) is 5.39 Å². The van der Waals surface area contributed by atoms with E-state index >= 15 is 0 Å². The first-order valence-corrected chi connectivity index (χ1v) is 9.44. The molecule has 0 radical (unpaired) electrons. The van der Waals surface area contributed by atoms with Crippen LogP contribution in [0.5, 0.6) is 0 Å². The van der Waals surface area contributed by atoms with E-state index in [9.17, 15) is 4.79 Å². The lowest BCUT2D eigenvalue weighted by Gasteiger charge is -2.33. The lowest BCUT2D eigenvalue weighted by atomic mass is 9.71. The molecule has 0 saturated heterocycles. The molecule has 2 heteroatoms. The van der Waals surface area contributed by atoms with Crippen molar-refractivity contribution in [2.75, 3.05) is 0 Å². The summed E-state index contributed by atoms with van der Waals surface area (Å²) in [4.78, 5) is 12.7. The molecule has 1 aliphatic rings. The van der Waals surface area contributed by atoms with Crippen molar-refractivity contribution in [3.8, 4) is 0 Å². The molecule has 5 rings (SSSR count). The maximum Gasteiger partial charge on any atom is 0.192 e. The van der Waals surface area contributed by atoms with Crippen molar-refractivity contribution in [3.63, 3.8) is 0 Å². The highest BCUT2D eigenvalue weighted by Crippen LogP contribution is 2.43. The van der Waals surface area contributed by atoms with Crippen LogP contribution in [0.25, 0.3) is 11.0 Å². The first-order valence-electron chi connectivity index (χ1n) is 9.44. The van der Waals surface area contributed by atoms with Crippen LogP contribution >= 0.6 is 0 Å². The predicted octanol–water partition coefficient (Wildman–Crippen LogP) is 5.46. The highest BCUT2D eigenvalue weighted by atomic mass is 16.3. The third-order valence-corrected chi connectivity index (χ3v) is 5.73. The van der Waals surface area contributed by atoms with Crippen molar-refractivity contribution in [2.45, 2.75) is 24.7 Å². The molecule has 0 amide bonds. The molecule has 4 aromatic rings. The second-order valence-electron chi connectivity index (χ2n) is 7.31.